The van der Waals surface area contributed by atoms with E-state index in [-0.39, 0.29) is 17.6 Å². The number of rotatable bonds is 1. The first-order valence-electron chi connectivity index (χ1n) is 6.98. The lowest BCUT2D eigenvalue weighted by atomic mass is 9.87. The zero-order valence-corrected chi connectivity index (χ0v) is 11.3. The summed E-state index contributed by atoms with van der Waals surface area (Å²) in [5, 5.41) is 4.28. The molecule has 1 atom stereocenters. The Hall–Kier alpha value is -2.20. The maximum absolute atomic E-state index is 13.6. The van der Waals surface area contributed by atoms with Crippen LogP contribution in [0.1, 0.15) is 22.7 Å². The Labute approximate surface area is 120 Å². The van der Waals surface area contributed by atoms with Crippen LogP contribution in [0.3, 0.4) is 0 Å². The number of benzene rings is 2. The van der Waals surface area contributed by atoms with E-state index in [0.717, 1.165) is 40.8 Å². The second-order valence-electron chi connectivity index (χ2n) is 5.44. The van der Waals surface area contributed by atoms with Gasteiger partial charge in [0.1, 0.15) is 11.6 Å². The summed E-state index contributed by atoms with van der Waals surface area (Å²) in [6.07, 6.45) is 0. The fourth-order valence-corrected chi connectivity index (χ4v) is 3.20. The highest BCUT2D eigenvalue weighted by Crippen LogP contribution is 2.36. The minimum Gasteiger partial charge on any atom is -0.357 e. The third-order valence-corrected chi connectivity index (χ3v) is 4.15. The van der Waals surface area contributed by atoms with Gasteiger partial charge in [-0.15, -0.1) is 0 Å². The van der Waals surface area contributed by atoms with Gasteiger partial charge in [-0.25, -0.2) is 8.78 Å². The van der Waals surface area contributed by atoms with Crippen molar-refractivity contribution in [3.05, 3.63) is 70.9 Å². The van der Waals surface area contributed by atoms with Crippen LogP contribution in [-0.2, 0) is 6.54 Å². The Balaban J connectivity index is 1.92. The van der Waals surface area contributed by atoms with Gasteiger partial charge in [0, 0.05) is 35.6 Å². The van der Waals surface area contributed by atoms with Crippen molar-refractivity contribution >= 4 is 10.9 Å². The van der Waals surface area contributed by atoms with Gasteiger partial charge >= 0.3 is 0 Å². The van der Waals surface area contributed by atoms with E-state index < -0.39 is 0 Å². The van der Waals surface area contributed by atoms with Crippen LogP contribution in [0.5, 0.6) is 0 Å². The molecule has 1 aliphatic heterocycles. The predicted molar refractivity (Wildman–Crippen MR) is 78.2 cm³/mol. The number of H-pyrrole nitrogens is 1. The number of halogens is 2. The van der Waals surface area contributed by atoms with E-state index >= 15 is 0 Å². The minimum absolute atomic E-state index is 0.102. The van der Waals surface area contributed by atoms with Crippen LogP contribution < -0.4 is 5.32 Å². The zero-order chi connectivity index (χ0) is 14.4. The molecular formula is C17H14F2N2. The molecule has 1 unspecified atom stereocenters. The average Bonchev–Trinajstić information content (AvgIpc) is 2.86. The van der Waals surface area contributed by atoms with Crippen LogP contribution in [0.25, 0.3) is 10.9 Å². The molecule has 0 bridgehead atoms. The summed E-state index contributed by atoms with van der Waals surface area (Å²) in [5.74, 6) is -0.377. The Morgan fingerprint density at radius 1 is 0.952 bits per heavy atom. The highest BCUT2D eigenvalue weighted by molar-refractivity contribution is 5.86. The van der Waals surface area contributed by atoms with E-state index in [1.165, 1.54) is 18.2 Å². The number of hydrogen-bond acceptors (Lipinski definition) is 1. The van der Waals surface area contributed by atoms with Gasteiger partial charge in [-0.05, 0) is 41.5 Å². The van der Waals surface area contributed by atoms with Gasteiger partial charge < -0.3 is 10.3 Å². The van der Waals surface area contributed by atoms with Gasteiger partial charge in [-0.3, -0.25) is 0 Å². The van der Waals surface area contributed by atoms with Gasteiger partial charge in [0.2, 0.25) is 0 Å². The Bertz CT molecular complexity index is 806. The summed E-state index contributed by atoms with van der Waals surface area (Å²) in [6.45, 7) is 1.51. The lowest BCUT2D eigenvalue weighted by Crippen LogP contribution is -2.28. The predicted octanol–water partition coefficient (Wildman–Crippen LogP) is 3.68. The first-order chi connectivity index (χ1) is 10.2. The molecule has 0 radical (unpaired) electrons. The van der Waals surface area contributed by atoms with Crippen molar-refractivity contribution in [2.45, 2.75) is 12.5 Å². The summed E-state index contributed by atoms with van der Waals surface area (Å²) >= 11 is 0. The molecule has 2 aromatic carbocycles. The molecule has 0 amide bonds. The Morgan fingerprint density at radius 2 is 1.71 bits per heavy atom. The number of nitrogens with one attached hydrogen (secondary N) is 2. The molecule has 3 aromatic rings. The van der Waals surface area contributed by atoms with Crippen LogP contribution in [0.15, 0.2) is 42.5 Å². The Kier molecular flexibility index (Phi) is 2.79. The lowest BCUT2D eigenvalue weighted by Gasteiger charge is -2.24. The fraction of sp³-hybridized carbons (Fsp3) is 0.176. The highest BCUT2D eigenvalue weighted by atomic mass is 19.1. The number of hydrogen-bond donors (Lipinski definition) is 2. The Morgan fingerprint density at radius 3 is 2.52 bits per heavy atom. The molecule has 4 rings (SSSR count). The van der Waals surface area contributed by atoms with Gasteiger partial charge in [-0.1, -0.05) is 12.1 Å². The molecule has 1 aliphatic rings. The van der Waals surface area contributed by atoms with Gasteiger partial charge in [0.15, 0.2) is 0 Å². The molecule has 0 spiro atoms. The third kappa shape index (κ3) is 2.03. The van der Waals surface area contributed by atoms with E-state index in [2.05, 4.69) is 10.3 Å². The van der Waals surface area contributed by atoms with Crippen molar-refractivity contribution in [3.63, 3.8) is 0 Å². The highest BCUT2D eigenvalue weighted by Gasteiger charge is 2.25. The smallest absolute Gasteiger partial charge is 0.123 e. The van der Waals surface area contributed by atoms with E-state index in [4.69, 9.17) is 0 Å². The van der Waals surface area contributed by atoms with E-state index in [1.54, 1.807) is 24.3 Å². The molecule has 1 aromatic heterocycles. The molecule has 4 heteroatoms. The quantitative estimate of drug-likeness (QED) is 0.701. The zero-order valence-electron chi connectivity index (χ0n) is 11.3. The van der Waals surface area contributed by atoms with Crippen LogP contribution in [-0.4, -0.2) is 11.5 Å². The largest absolute Gasteiger partial charge is 0.357 e. The van der Waals surface area contributed by atoms with Crippen molar-refractivity contribution in [2.24, 2.45) is 0 Å². The second-order valence-corrected chi connectivity index (χ2v) is 5.44. The van der Waals surface area contributed by atoms with Crippen molar-refractivity contribution in [1.29, 1.82) is 0 Å². The lowest BCUT2D eigenvalue weighted by molar-refractivity contribution is 0.584. The SMILES string of the molecule is Fc1ccc(C2CNCc3[nH]c4ccc(F)cc4c32)cc1. The summed E-state index contributed by atoms with van der Waals surface area (Å²) in [5.41, 5.74) is 4.18. The first-order valence-corrected chi connectivity index (χ1v) is 6.98. The molecular weight excluding hydrogens is 270 g/mol. The summed E-state index contributed by atoms with van der Waals surface area (Å²) in [4.78, 5) is 3.35. The van der Waals surface area contributed by atoms with Crippen molar-refractivity contribution in [1.82, 2.24) is 10.3 Å². The van der Waals surface area contributed by atoms with E-state index in [0.29, 0.717) is 0 Å². The maximum Gasteiger partial charge on any atom is 0.123 e. The van der Waals surface area contributed by atoms with Gasteiger partial charge in [0.05, 0.1) is 0 Å². The van der Waals surface area contributed by atoms with Crippen LogP contribution in [0.4, 0.5) is 8.78 Å². The minimum atomic E-state index is -0.243. The molecule has 0 aliphatic carbocycles. The molecule has 2 nitrogen and oxygen atoms in total. The average molecular weight is 284 g/mol. The number of fused-ring (bicyclic) bond motifs is 3. The van der Waals surface area contributed by atoms with Crippen LogP contribution in [0.2, 0.25) is 0 Å². The molecule has 21 heavy (non-hydrogen) atoms. The van der Waals surface area contributed by atoms with Crippen LogP contribution in [0, 0.1) is 11.6 Å². The van der Waals surface area contributed by atoms with Gasteiger partial charge in [0.25, 0.3) is 0 Å². The fourth-order valence-electron chi connectivity index (χ4n) is 3.20. The normalized spacial score (nSPS) is 17.9. The molecule has 0 fully saturated rings. The van der Waals surface area contributed by atoms with Crippen LogP contribution >= 0.6 is 0 Å². The summed E-state index contributed by atoms with van der Waals surface area (Å²) in [6, 6.07) is 11.4. The maximum atomic E-state index is 13.6. The van der Waals surface area contributed by atoms with Crippen molar-refractivity contribution in [3.8, 4) is 0 Å². The molecule has 2 N–H and O–H groups in total. The van der Waals surface area contributed by atoms with Crippen molar-refractivity contribution in [2.75, 3.05) is 6.54 Å². The van der Waals surface area contributed by atoms with E-state index in [1.807, 2.05) is 0 Å². The summed E-state index contributed by atoms with van der Waals surface area (Å²) in [7, 11) is 0. The number of aromatic nitrogens is 1. The monoisotopic (exact) mass is 284 g/mol. The van der Waals surface area contributed by atoms with E-state index in [9.17, 15) is 8.78 Å². The summed E-state index contributed by atoms with van der Waals surface area (Å²) < 4.78 is 26.7. The first kappa shape index (κ1) is 12.5. The topological polar surface area (TPSA) is 27.8 Å². The molecule has 2 heterocycles. The molecule has 0 saturated carbocycles. The molecule has 106 valence electrons. The molecule has 0 saturated heterocycles. The standard InChI is InChI=1S/C17H14F2N2/c18-11-3-1-10(2-4-11)14-8-20-9-16-17(14)13-7-12(19)5-6-15(13)21-16/h1-7,14,20-21H,8-9H2. The third-order valence-electron chi connectivity index (χ3n) is 4.15. The number of aromatic amines is 1. The van der Waals surface area contributed by atoms with Crippen molar-refractivity contribution < 1.29 is 8.78 Å². The second kappa shape index (κ2) is 4.67. The van der Waals surface area contributed by atoms with Gasteiger partial charge in [-0.2, -0.15) is 0 Å².